The smallest absolute Gasteiger partial charge is 0.156 e. The molecule has 0 aliphatic heterocycles. The van der Waals surface area contributed by atoms with Crippen molar-refractivity contribution in [2.24, 2.45) is 20.0 Å². The van der Waals surface area contributed by atoms with Crippen LogP contribution in [0.3, 0.4) is 0 Å². The summed E-state index contributed by atoms with van der Waals surface area (Å²) in [4.78, 5) is 0. The van der Waals surface area contributed by atoms with E-state index in [-0.39, 0.29) is 0 Å². The van der Waals surface area contributed by atoms with E-state index in [4.69, 9.17) is 0 Å². The van der Waals surface area contributed by atoms with Crippen LogP contribution in [0.25, 0.3) is 0 Å². The van der Waals surface area contributed by atoms with Crippen molar-refractivity contribution in [1.82, 2.24) is 9.13 Å². The maximum atomic E-state index is 2.50. The van der Waals surface area contributed by atoms with Crippen molar-refractivity contribution in [3.8, 4) is 0 Å². The molecular formula is C15H24N2Si. The zero-order chi connectivity index (χ0) is 13.3. The van der Waals surface area contributed by atoms with Crippen LogP contribution in [0.5, 0.6) is 0 Å². The minimum Gasteiger partial charge on any atom is -0.358 e. The molecule has 0 amide bonds. The first-order chi connectivity index (χ1) is 8.45. The lowest BCUT2D eigenvalue weighted by molar-refractivity contribution is 0.721. The highest BCUT2D eigenvalue weighted by atomic mass is 28.3. The Morgan fingerprint density at radius 2 is 1.44 bits per heavy atom. The highest BCUT2D eigenvalue weighted by Gasteiger charge is 2.36. The Bertz CT molecular complexity index is 482. The highest BCUT2D eigenvalue weighted by molar-refractivity contribution is 7.00. The van der Waals surface area contributed by atoms with Gasteiger partial charge in [0.25, 0.3) is 0 Å². The normalized spacial score (nSPS) is 12.3. The molecule has 0 aromatic carbocycles. The third kappa shape index (κ3) is 2.19. The molecule has 18 heavy (non-hydrogen) atoms. The van der Waals surface area contributed by atoms with Gasteiger partial charge in [0.05, 0.1) is 0 Å². The van der Waals surface area contributed by atoms with Crippen molar-refractivity contribution in [1.29, 1.82) is 0 Å². The van der Waals surface area contributed by atoms with E-state index in [1.54, 1.807) is 0 Å². The highest BCUT2D eigenvalue weighted by Crippen LogP contribution is 2.17. The van der Waals surface area contributed by atoms with Crippen LogP contribution < -0.4 is 10.6 Å². The molecule has 0 bridgehead atoms. The van der Waals surface area contributed by atoms with Crippen molar-refractivity contribution in [2.75, 3.05) is 0 Å². The van der Waals surface area contributed by atoms with E-state index in [1.807, 2.05) is 0 Å². The molecule has 0 saturated heterocycles. The second-order valence-corrected chi connectivity index (χ2v) is 10.0. The first-order valence-corrected chi connectivity index (χ1v) is 9.39. The Balaban J connectivity index is 2.55. The quantitative estimate of drug-likeness (QED) is 0.746. The molecule has 0 atom stereocenters. The van der Waals surface area contributed by atoms with Gasteiger partial charge in [0.1, 0.15) is 0 Å². The molecule has 2 heterocycles. The van der Waals surface area contributed by atoms with Crippen LogP contribution in [-0.2, 0) is 14.1 Å². The van der Waals surface area contributed by atoms with Crippen LogP contribution in [0, 0.1) is 5.92 Å². The molecule has 2 nitrogen and oxygen atoms in total. The fourth-order valence-electron chi connectivity index (χ4n) is 3.23. The van der Waals surface area contributed by atoms with E-state index in [2.05, 4.69) is 80.3 Å². The molecule has 98 valence electrons. The van der Waals surface area contributed by atoms with Crippen LogP contribution >= 0.6 is 0 Å². The largest absolute Gasteiger partial charge is 0.358 e. The fourth-order valence-corrected chi connectivity index (χ4v) is 8.17. The van der Waals surface area contributed by atoms with E-state index in [0.717, 1.165) is 5.92 Å². The molecule has 0 saturated carbocycles. The number of rotatable bonds is 4. The Hall–Kier alpha value is -1.22. The standard InChI is InChI=1S/C15H24N2Si/c1-13(2)12-18(5,14-8-6-10-16(14)3)15-9-7-11-17(15)4/h6-11,13H,12H2,1-5H3. The van der Waals surface area contributed by atoms with Gasteiger partial charge in [0, 0.05) is 37.1 Å². The summed E-state index contributed by atoms with van der Waals surface area (Å²) in [7, 11) is 2.72. The molecular weight excluding hydrogens is 236 g/mol. The Labute approximate surface area is 111 Å². The van der Waals surface area contributed by atoms with E-state index >= 15 is 0 Å². The van der Waals surface area contributed by atoms with Crippen LogP contribution in [0.15, 0.2) is 36.7 Å². The fraction of sp³-hybridized carbons (Fsp3) is 0.467. The number of hydrogen-bond acceptors (Lipinski definition) is 0. The zero-order valence-electron chi connectivity index (χ0n) is 12.1. The van der Waals surface area contributed by atoms with E-state index in [0.29, 0.717) is 0 Å². The van der Waals surface area contributed by atoms with Gasteiger partial charge in [-0.1, -0.05) is 20.4 Å². The van der Waals surface area contributed by atoms with Gasteiger partial charge in [0.15, 0.2) is 8.07 Å². The van der Waals surface area contributed by atoms with Gasteiger partial charge < -0.3 is 9.13 Å². The van der Waals surface area contributed by atoms with E-state index in [1.165, 1.54) is 16.7 Å². The predicted molar refractivity (Wildman–Crippen MR) is 81.4 cm³/mol. The number of nitrogens with zero attached hydrogens (tertiary/aromatic N) is 2. The van der Waals surface area contributed by atoms with Gasteiger partial charge in [-0.25, -0.2) is 0 Å². The summed E-state index contributed by atoms with van der Waals surface area (Å²) in [6.45, 7) is 7.16. The lowest BCUT2D eigenvalue weighted by atomic mass is 10.3. The summed E-state index contributed by atoms with van der Waals surface area (Å²) < 4.78 is 4.61. The van der Waals surface area contributed by atoms with Crippen LogP contribution in [0.2, 0.25) is 12.6 Å². The molecule has 0 spiro atoms. The van der Waals surface area contributed by atoms with Gasteiger partial charge >= 0.3 is 0 Å². The van der Waals surface area contributed by atoms with Crippen LogP contribution in [-0.4, -0.2) is 17.2 Å². The average Bonchev–Trinajstić information content (AvgIpc) is 2.86. The molecule has 0 aliphatic rings. The van der Waals surface area contributed by atoms with Crippen molar-refractivity contribution in [3.63, 3.8) is 0 Å². The summed E-state index contributed by atoms with van der Waals surface area (Å²) in [6, 6.07) is 10.2. The van der Waals surface area contributed by atoms with Crippen LogP contribution in [0.1, 0.15) is 13.8 Å². The number of aromatic nitrogens is 2. The third-order valence-corrected chi connectivity index (χ3v) is 8.77. The Morgan fingerprint density at radius 1 is 1.00 bits per heavy atom. The van der Waals surface area contributed by atoms with E-state index in [9.17, 15) is 0 Å². The Morgan fingerprint density at radius 3 is 1.72 bits per heavy atom. The Kier molecular flexibility index (Phi) is 3.53. The summed E-state index contributed by atoms with van der Waals surface area (Å²) >= 11 is 0. The lowest BCUT2D eigenvalue weighted by Gasteiger charge is -2.30. The minimum absolute atomic E-state index is 0.728. The monoisotopic (exact) mass is 260 g/mol. The first kappa shape index (κ1) is 13.2. The molecule has 2 aromatic rings. The van der Waals surface area contributed by atoms with Crippen molar-refractivity contribution in [3.05, 3.63) is 36.7 Å². The minimum atomic E-state index is -1.62. The van der Waals surface area contributed by atoms with Crippen molar-refractivity contribution >= 4 is 18.7 Å². The number of aryl methyl sites for hydroxylation is 2. The molecule has 0 aliphatic carbocycles. The SMILES string of the molecule is CC(C)C[Si](C)(c1cccn1C)c1cccn1C. The topological polar surface area (TPSA) is 9.86 Å². The van der Waals surface area contributed by atoms with Crippen LogP contribution in [0.4, 0.5) is 0 Å². The first-order valence-electron chi connectivity index (χ1n) is 6.69. The lowest BCUT2D eigenvalue weighted by Crippen LogP contribution is -2.60. The second kappa shape index (κ2) is 4.80. The summed E-state index contributed by atoms with van der Waals surface area (Å²) in [5.74, 6) is 0.728. The van der Waals surface area contributed by atoms with E-state index < -0.39 is 8.07 Å². The summed E-state index contributed by atoms with van der Waals surface area (Å²) in [5, 5.41) is 3.05. The maximum absolute atomic E-state index is 2.50. The van der Waals surface area contributed by atoms with Gasteiger partial charge in [-0.05, 0) is 36.2 Å². The zero-order valence-corrected chi connectivity index (χ0v) is 13.1. The second-order valence-electron chi connectivity index (χ2n) is 5.94. The summed E-state index contributed by atoms with van der Waals surface area (Å²) in [6.07, 6.45) is 4.34. The number of hydrogen-bond donors (Lipinski definition) is 0. The van der Waals surface area contributed by atoms with Gasteiger partial charge in [0.2, 0.25) is 0 Å². The summed E-state index contributed by atoms with van der Waals surface area (Å²) in [5.41, 5.74) is 0. The molecule has 0 unspecified atom stereocenters. The molecule has 2 rings (SSSR count). The van der Waals surface area contributed by atoms with Gasteiger partial charge in [-0.3, -0.25) is 0 Å². The third-order valence-electron chi connectivity index (χ3n) is 3.83. The molecule has 0 radical (unpaired) electrons. The maximum Gasteiger partial charge on any atom is 0.156 e. The molecule has 2 aromatic heterocycles. The van der Waals surface area contributed by atoms with Gasteiger partial charge in [-0.15, -0.1) is 0 Å². The predicted octanol–water partition coefficient (Wildman–Crippen LogP) is 2.21. The van der Waals surface area contributed by atoms with Gasteiger partial charge in [-0.2, -0.15) is 0 Å². The van der Waals surface area contributed by atoms with Crippen molar-refractivity contribution in [2.45, 2.75) is 26.4 Å². The average molecular weight is 260 g/mol. The van der Waals surface area contributed by atoms with Crippen molar-refractivity contribution < 1.29 is 0 Å². The molecule has 0 N–H and O–H groups in total. The molecule has 3 heteroatoms. The molecule has 0 fully saturated rings.